The van der Waals surface area contributed by atoms with Crippen molar-refractivity contribution in [1.82, 2.24) is 0 Å². The highest BCUT2D eigenvalue weighted by molar-refractivity contribution is 7.80. The van der Waals surface area contributed by atoms with Gasteiger partial charge in [0.2, 0.25) is 0 Å². The minimum atomic E-state index is 0.722. The van der Waals surface area contributed by atoms with Crippen LogP contribution in [0.15, 0.2) is 0 Å². The van der Waals surface area contributed by atoms with Crippen LogP contribution in [-0.2, 0) is 0 Å². The predicted molar refractivity (Wildman–Crippen MR) is 73.0 cm³/mol. The smallest absolute Gasteiger partial charge is 0.00354 e. The average Bonchev–Trinajstić information content (AvgIpc) is 3.11. The van der Waals surface area contributed by atoms with E-state index in [9.17, 15) is 0 Å². The largest absolute Gasteiger partial charge is 0.179 e. The molecule has 5 fully saturated rings. The maximum Gasteiger partial charge on any atom is -0.00354 e. The fraction of sp³-hybridized carbons (Fsp3) is 1.00. The lowest BCUT2D eigenvalue weighted by Gasteiger charge is -2.47. The van der Waals surface area contributed by atoms with Crippen LogP contribution >= 0.6 is 12.6 Å². The predicted octanol–water partition coefficient (Wildman–Crippen LogP) is 4.01. The molecular weight excluding hydrogens is 224 g/mol. The van der Waals surface area contributed by atoms with Crippen LogP contribution in [0.1, 0.15) is 44.9 Å². The summed E-state index contributed by atoms with van der Waals surface area (Å²) in [6.45, 7) is 0. The van der Waals surface area contributed by atoms with E-state index < -0.39 is 0 Å². The van der Waals surface area contributed by atoms with Crippen molar-refractivity contribution in [3.8, 4) is 0 Å². The van der Waals surface area contributed by atoms with E-state index in [0.29, 0.717) is 0 Å². The second-order valence-electron chi connectivity index (χ2n) is 7.90. The molecule has 1 heteroatoms. The van der Waals surface area contributed by atoms with E-state index in [2.05, 4.69) is 0 Å². The lowest BCUT2D eigenvalue weighted by Crippen LogP contribution is -2.44. The first-order chi connectivity index (χ1) is 8.35. The highest BCUT2D eigenvalue weighted by Crippen LogP contribution is 2.77. The van der Waals surface area contributed by atoms with Gasteiger partial charge in [0.1, 0.15) is 0 Å². The van der Waals surface area contributed by atoms with Crippen molar-refractivity contribution in [2.24, 2.45) is 46.8 Å². The van der Waals surface area contributed by atoms with Crippen LogP contribution in [0.5, 0.6) is 0 Å². The van der Waals surface area contributed by atoms with Crippen molar-refractivity contribution in [1.29, 1.82) is 0 Å². The minimum absolute atomic E-state index is 0.722. The zero-order chi connectivity index (χ0) is 11.2. The summed E-state index contributed by atoms with van der Waals surface area (Å²) in [5.41, 5.74) is 0.722. The number of thiol groups is 1. The molecule has 5 aliphatic rings. The molecule has 5 saturated carbocycles. The second kappa shape index (κ2) is 3.08. The van der Waals surface area contributed by atoms with Crippen LogP contribution in [0.4, 0.5) is 0 Å². The number of fused-ring (bicyclic) bond motifs is 12. The first-order valence-corrected chi connectivity index (χ1v) is 8.59. The van der Waals surface area contributed by atoms with Crippen molar-refractivity contribution in [3.63, 3.8) is 0 Å². The monoisotopic (exact) mass is 248 g/mol. The molecule has 5 rings (SSSR count). The summed E-state index contributed by atoms with van der Waals surface area (Å²) in [6.07, 6.45) is 11.0. The summed E-state index contributed by atoms with van der Waals surface area (Å²) in [7, 11) is 0. The quantitative estimate of drug-likeness (QED) is 0.526. The highest BCUT2D eigenvalue weighted by Gasteiger charge is 2.71. The van der Waals surface area contributed by atoms with Crippen LogP contribution < -0.4 is 0 Å². The topological polar surface area (TPSA) is 0 Å². The van der Waals surface area contributed by atoms with Crippen molar-refractivity contribution in [2.75, 3.05) is 5.75 Å². The Morgan fingerprint density at radius 3 is 2.76 bits per heavy atom. The van der Waals surface area contributed by atoms with Gasteiger partial charge in [-0.3, -0.25) is 0 Å². The summed E-state index contributed by atoms with van der Waals surface area (Å²) in [5, 5.41) is 0. The van der Waals surface area contributed by atoms with Gasteiger partial charge in [-0.2, -0.15) is 12.6 Å². The van der Waals surface area contributed by atoms with E-state index in [1.165, 1.54) is 18.1 Å². The molecule has 17 heavy (non-hydrogen) atoms. The fourth-order valence-electron chi connectivity index (χ4n) is 7.85. The molecule has 8 unspecified atom stereocenters. The minimum Gasteiger partial charge on any atom is -0.179 e. The van der Waals surface area contributed by atoms with Crippen LogP contribution in [0.3, 0.4) is 0 Å². The zero-order valence-electron chi connectivity index (χ0n) is 10.6. The van der Waals surface area contributed by atoms with E-state index in [0.717, 1.165) is 40.9 Å². The Bertz CT molecular complexity index is 365. The third-order valence-corrected chi connectivity index (χ3v) is 8.50. The molecule has 0 heterocycles. The Balaban J connectivity index is 1.64. The third-order valence-electron chi connectivity index (χ3n) is 7.91. The van der Waals surface area contributed by atoms with Crippen molar-refractivity contribution in [3.05, 3.63) is 0 Å². The van der Waals surface area contributed by atoms with Gasteiger partial charge < -0.3 is 0 Å². The molecule has 8 atom stereocenters. The van der Waals surface area contributed by atoms with Gasteiger partial charge in [0.25, 0.3) is 0 Å². The molecule has 0 aromatic heterocycles. The fourth-order valence-corrected chi connectivity index (χ4v) is 8.43. The molecule has 5 aliphatic carbocycles. The van der Waals surface area contributed by atoms with E-state index >= 15 is 0 Å². The average molecular weight is 248 g/mol. The maximum atomic E-state index is 4.87. The molecule has 0 nitrogen and oxygen atoms in total. The van der Waals surface area contributed by atoms with Gasteiger partial charge in [0, 0.05) is 0 Å². The van der Waals surface area contributed by atoms with Gasteiger partial charge in [0.15, 0.2) is 0 Å². The Morgan fingerprint density at radius 1 is 1.00 bits per heavy atom. The molecule has 0 N–H and O–H groups in total. The lowest BCUT2D eigenvalue weighted by atomic mass is 9.58. The van der Waals surface area contributed by atoms with Gasteiger partial charge in [-0.05, 0) is 91.1 Å². The molecule has 0 radical (unpaired) electrons. The number of hydrogen-bond donors (Lipinski definition) is 1. The maximum absolute atomic E-state index is 4.87. The molecule has 4 bridgehead atoms. The standard InChI is InChI=1S/C16H24S/c17-8-16-7-12(11-2-1-3-13(11)16)14-9-4-5-10(6-9)15(14)16/h9-15,17H,1-8H2. The lowest BCUT2D eigenvalue weighted by molar-refractivity contribution is 0.0177. The van der Waals surface area contributed by atoms with Gasteiger partial charge in [-0.25, -0.2) is 0 Å². The normalized spacial score (nSPS) is 66.5. The summed E-state index contributed by atoms with van der Waals surface area (Å²) < 4.78 is 0. The highest BCUT2D eigenvalue weighted by atomic mass is 32.1. The molecule has 0 amide bonds. The molecule has 0 aliphatic heterocycles. The van der Waals surface area contributed by atoms with E-state index in [-0.39, 0.29) is 0 Å². The SMILES string of the molecule is SCC12CC(C3CCCC31)C1C3CCC(C3)C12. The van der Waals surface area contributed by atoms with Crippen LogP contribution in [0.25, 0.3) is 0 Å². The summed E-state index contributed by atoms with van der Waals surface area (Å²) in [6, 6.07) is 0. The van der Waals surface area contributed by atoms with Crippen LogP contribution in [0, 0.1) is 46.8 Å². The first-order valence-electron chi connectivity index (χ1n) is 7.96. The molecule has 0 aromatic carbocycles. The molecule has 94 valence electrons. The van der Waals surface area contributed by atoms with Gasteiger partial charge in [-0.15, -0.1) is 0 Å². The Morgan fingerprint density at radius 2 is 1.88 bits per heavy atom. The van der Waals surface area contributed by atoms with E-state index in [4.69, 9.17) is 12.6 Å². The van der Waals surface area contributed by atoms with Crippen LogP contribution in [-0.4, -0.2) is 5.75 Å². The Labute approximate surface area is 110 Å². The van der Waals surface area contributed by atoms with Crippen molar-refractivity contribution >= 4 is 12.6 Å². The number of hydrogen-bond acceptors (Lipinski definition) is 1. The van der Waals surface area contributed by atoms with Crippen LogP contribution in [0.2, 0.25) is 0 Å². The molecular formula is C16H24S. The van der Waals surface area contributed by atoms with Crippen molar-refractivity contribution in [2.45, 2.75) is 44.9 Å². The van der Waals surface area contributed by atoms with Gasteiger partial charge >= 0.3 is 0 Å². The van der Waals surface area contributed by atoms with E-state index in [1.54, 1.807) is 38.5 Å². The second-order valence-corrected chi connectivity index (χ2v) is 8.21. The molecule has 0 aromatic rings. The van der Waals surface area contributed by atoms with Gasteiger partial charge in [0.05, 0.1) is 0 Å². The summed E-state index contributed by atoms with van der Waals surface area (Å²) in [5.74, 6) is 9.18. The Kier molecular flexibility index (Phi) is 1.85. The summed E-state index contributed by atoms with van der Waals surface area (Å²) >= 11 is 4.87. The molecule has 0 saturated heterocycles. The third kappa shape index (κ3) is 0.956. The van der Waals surface area contributed by atoms with Gasteiger partial charge in [-0.1, -0.05) is 6.42 Å². The molecule has 0 spiro atoms. The zero-order valence-corrected chi connectivity index (χ0v) is 11.5. The van der Waals surface area contributed by atoms with Crippen molar-refractivity contribution < 1.29 is 0 Å². The Hall–Kier alpha value is 0.350. The first kappa shape index (κ1) is 10.2. The number of rotatable bonds is 1. The summed E-state index contributed by atoms with van der Waals surface area (Å²) in [4.78, 5) is 0. The van der Waals surface area contributed by atoms with E-state index in [1.807, 2.05) is 0 Å².